The first-order valence-corrected chi connectivity index (χ1v) is 8.11. The van der Waals surface area contributed by atoms with Crippen LogP contribution in [0.3, 0.4) is 0 Å². The zero-order valence-corrected chi connectivity index (χ0v) is 13.9. The van der Waals surface area contributed by atoms with E-state index in [2.05, 4.69) is 19.0 Å². The summed E-state index contributed by atoms with van der Waals surface area (Å²) in [5, 5.41) is 1.82. The monoisotopic (exact) mass is 319 g/mol. The maximum atomic E-state index is 12.5. The van der Waals surface area contributed by atoms with Crippen molar-refractivity contribution in [2.75, 3.05) is 27.2 Å². The summed E-state index contributed by atoms with van der Waals surface area (Å²) in [6.45, 7) is 2.08. The largest absolute Gasteiger partial charge is 0.341 e. The Morgan fingerprint density at radius 2 is 2.00 bits per heavy atom. The zero-order valence-electron chi connectivity index (χ0n) is 13.1. The quantitative estimate of drug-likeness (QED) is 0.870. The molecule has 0 radical (unpaired) electrons. The van der Waals surface area contributed by atoms with Crippen LogP contribution in [0, 0.1) is 0 Å². The van der Waals surface area contributed by atoms with Crippen molar-refractivity contribution in [3.8, 4) is 0 Å². The fraction of sp³-hybridized carbons (Fsp3) is 0.471. The van der Waals surface area contributed by atoms with Crippen LogP contribution >= 0.6 is 11.6 Å². The van der Waals surface area contributed by atoms with E-state index in [0.717, 1.165) is 36.8 Å². The number of halogens is 1. The van der Waals surface area contributed by atoms with Gasteiger partial charge in [-0.2, -0.15) is 0 Å². The van der Waals surface area contributed by atoms with Gasteiger partial charge in [0.1, 0.15) is 6.54 Å². The molecule has 1 saturated heterocycles. The number of amides is 1. The van der Waals surface area contributed by atoms with Crippen LogP contribution in [0.25, 0.3) is 10.9 Å². The highest BCUT2D eigenvalue weighted by Crippen LogP contribution is 2.21. The van der Waals surface area contributed by atoms with Crippen molar-refractivity contribution >= 4 is 28.4 Å². The van der Waals surface area contributed by atoms with Gasteiger partial charge in [0.15, 0.2) is 0 Å². The topological polar surface area (TPSA) is 28.5 Å². The second-order valence-corrected chi connectivity index (χ2v) is 6.66. The van der Waals surface area contributed by atoms with Crippen molar-refractivity contribution in [1.29, 1.82) is 0 Å². The molecule has 1 aliphatic heterocycles. The molecule has 0 atom stereocenters. The SMILES string of the molecule is CN(C)C1CCN(C(=O)Cn2ccc3ccc(Cl)cc32)CC1. The van der Waals surface area contributed by atoms with Crippen molar-refractivity contribution < 1.29 is 4.79 Å². The van der Waals surface area contributed by atoms with Crippen LogP contribution in [-0.4, -0.2) is 53.5 Å². The summed E-state index contributed by atoms with van der Waals surface area (Å²) < 4.78 is 1.99. The molecule has 0 spiro atoms. The van der Waals surface area contributed by atoms with Gasteiger partial charge in [0, 0.05) is 35.9 Å². The molecule has 1 aliphatic rings. The van der Waals surface area contributed by atoms with Gasteiger partial charge >= 0.3 is 0 Å². The Balaban J connectivity index is 1.68. The van der Waals surface area contributed by atoms with Crippen molar-refractivity contribution in [3.05, 3.63) is 35.5 Å². The highest BCUT2D eigenvalue weighted by atomic mass is 35.5. The zero-order chi connectivity index (χ0) is 15.7. The molecule has 0 aliphatic carbocycles. The first-order chi connectivity index (χ1) is 10.5. The van der Waals surface area contributed by atoms with Crippen LogP contribution < -0.4 is 0 Å². The number of carbonyl (C=O) groups is 1. The summed E-state index contributed by atoms with van der Waals surface area (Å²) in [4.78, 5) is 16.8. The first-order valence-electron chi connectivity index (χ1n) is 7.73. The summed E-state index contributed by atoms with van der Waals surface area (Å²) in [5.41, 5.74) is 1.02. The molecule has 2 heterocycles. The van der Waals surface area contributed by atoms with E-state index < -0.39 is 0 Å². The number of rotatable bonds is 3. The highest BCUT2D eigenvalue weighted by Gasteiger charge is 2.24. The molecule has 0 saturated carbocycles. The van der Waals surface area contributed by atoms with E-state index in [9.17, 15) is 4.79 Å². The van der Waals surface area contributed by atoms with E-state index >= 15 is 0 Å². The molecular formula is C17H22ClN3O. The lowest BCUT2D eigenvalue weighted by Gasteiger charge is -2.35. The fourth-order valence-electron chi connectivity index (χ4n) is 3.17. The third kappa shape index (κ3) is 3.13. The number of piperidine rings is 1. The minimum Gasteiger partial charge on any atom is -0.341 e. The number of benzene rings is 1. The molecule has 2 aromatic rings. The molecule has 1 aromatic carbocycles. The van der Waals surface area contributed by atoms with Crippen LogP contribution in [0.4, 0.5) is 0 Å². The van der Waals surface area contributed by atoms with Crippen LogP contribution in [0.5, 0.6) is 0 Å². The van der Waals surface area contributed by atoms with Crippen LogP contribution in [0.1, 0.15) is 12.8 Å². The fourth-order valence-corrected chi connectivity index (χ4v) is 3.34. The Hall–Kier alpha value is -1.52. The minimum atomic E-state index is 0.190. The predicted molar refractivity (Wildman–Crippen MR) is 90.2 cm³/mol. The maximum absolute atomic E-state index is 12.5. The number of carbonyl (C=O) groups excluding carboxylic acids is 1. The average Bonchev–Trinajstić information content (AvgIpc) is 2.89. The molecule has 0 N–H and O–H groups in total. The van der Waals surface area contributed by atoms with Gasteiger partial charge in [-0.3, -0.25) is 4.79 Å². The lowest BCUT2D eigenvalue weighted by atomic mass is 10.0. The lowest BCUT2D eigenvalue weighted by Crippen LogP contribution is -2.45. The molecule has 1 aromatic heterocycles. The highest BCUT2D eigenvalue weighted by molar-refractivity contribution is 6.31. The third-order valence-corrected chi connectivity index (χ3v) is 4.82. The van der Waals surface area contributed by atoms with Gasteiger partial charge in [-0.05, 0) is 50.5 Å². The smallest absolute Gasteiger partial charge is 0.242 e. The van der Waals surface area contributed by atoms with Gasteiger partial charge in [-0.25, -0.2) is 0 Å². The molecule has 1 amide bonds. The van der Waals surface area contributed by atoms with E-state index in [1.807, 2.05) is 39.9 Å². The molecule has 4 nitrogen and oxygen atoms in total. The predicted octanol–water partition coefficient (Wildman–Crippen LogP) is 2.85. The number of likely N-dealkylation sites (tertiary alicyclic amines) is 1. The summed E-state index contributed by atoms with van der Waals surface area (Å²) in [6.07, 6.45) is 4.07. The molecule has 22 heavy (non-hydrogen) atoms. The van der Waals surface area contributed by atoms with E-state index in [-0.39, 0.29) is 5.91 Å². The molecule has 3 rings (SSSR count). The Morgan fingerprint density at radius 1 is 1.27 bits per heavy atom. The number of hydrogen-bond donors (Lipinski definition) is 0. The summed E-state index contributed by atoms with van der Waals surface area (Å²) >= 11 is 6.07. The number of nitrogens with zero attached hydrogens (tertiary/aromatic N) is 3. The number of hydrogen-bond acceptors (Lipinski definition) is 2. The molecular weight excluding hydrogens is 298 g/mol. The average molecular weight is 320 g/mol. The van der Waals surface area contributed by atoms with E-state index in [1.165, 1.54) is 0 Å². The Kier molecular flexibility index (Phi) is 4.41. The second kappa shape index (κ2) is 6.31. The van der Waals surface area contributed by atoms with Crippen molar-refractivity contribution in [3.63, 3.8) is 0 Å². The minimum absolute atomic E-state index is 0.190. The van der Waals surface area contributed by atoms with E-state index in [1.54, 1.807) is 0 Å². The second-order valence-electron chi connectivity index (χ2n) is 6.22. The number of aromatic nitrogens is 1. The Labute approximate surface area is 136 Å². The standard InChI is InChI=1S/C17H22ClN3O/c1-19(2)15-6-9-20(10-7-15)17(22)12-21-8-5-13-3-4-14(18)11-16(13)21/h3-5,8,11,15H,6-7,9-10,12H2,1-2H3. The normalized spacial score (nSPS) is 16.6. The van der Waals surface area contributed by atoms with Gasteiger partial charge in [-0.15, -0.1) is 0 Å². The maximum Gasteiger partial charge on any atom is 0.242 e. The first kappa shape index (κ1) is 15.4. The van der Waals surface area contributed by atoms with Crippen LogP contribution in [0.2, 0.25) is 5.02 Å². The molecule has 1 fully saturated rings. The molecule has 0 bridgehead atoms. The van der Waals surface area contributed by atoms with E-state index in [4.69, 9.17) is 11.6 Å². The van der Waals surface area contributed by atoms with Gasteiger partial charge in [0.25, 0.3) is 0 Å². The van der Waals surface area contributed by atoms with Gasteiger partial charge in [-0.1, -0.05) is 17.7 Å². The Bertz CT molecular complexity index is 672. The van der Waals surface area contributed by atoms with Crippen LogP contribution in [-0.2, 0) is 11.3 Å². The molecule has 0 unspecified atom stereocenters. The van der Waals surface area contributed by atoms with Crippen molar-refractivity contribution in [1.82, 2.24) is 14.4 Å². The van der Waals surface area contributed by atoms with E-state index in [0.29, 0.717) is 17.6 Å². The number of fused-ring (bicyclic) bond motifs is 1. The van der Waals surface area contributed by atoms with Crippen molar-refractivity contribution in [2.24, 2.45) is 0 Å². The molecule has 118 valence electrons. The summed E-state index contributed by atoms with van der Waals surface area (Å²) in [5.74, 6) is 0.190. The summed E-state index contributed by atoms with van der Waals surface area (Å²) in [7, 11) is 4.22. The Morgan fingerprint density at radius 3 is 2.68 bits per heavy atom. The molecule has 5 heteroatoms. The summed E-state index contributed by atoms with van der Waals surface area (Å²) in [6, 6.07) is 8.40. The van der Waals surface area contributed by atoms with Crippen LogP contribution in [0.15, 0.2) is 30.5 Å². The van der Waals surface area contributed by atoms with Gasteiger partial charge in [0.2, 0.25) is 5.91 Å². The lowest BCUT2D eigenvalue weighted by molar-refractivity contribution is -0.133. The van der Waals surface area contributed by atoms with Gasteiger partial charge < -0.3 is 14.4 Å². The van der Waals surface area contributed by atoms with Crippen molar-refractivity contribution in [2.45, 2.75) is 25.4 Å². The van der Waals surface area contributed by atoms with Gasteiger partial charge in [0.05, 0.1) is 0 Å². The third-order valence-electron chi connectivity index (χ3n) is 4.59.